The SMILES string of the molecule is COc1ccc(-c2ccc(=O)n(CC(=O)Nc3ccc(Br)cc3)n2)c(F)c1. The van der Waals surface area contributed by atoms with Crippen LogP contribution in [0.3, 0.4) is 0 Å². The third-order valence-electron chi connectivity index (χ3n) is 3.74. The van der Waals surface area contributed by atoms with Crippen LogP contribution in [0.4, 0.5) is 10.1 Å². The number of benzene rings is 2. The number of anilines is 1. The lowest BCUT2D eigenvalue weighted by atomic mass is 10.1. The molecule has 138 valence electrons. The summed E-state index contributed by atoms with van der Waals surface area (Å²) in [7, 11) is 1.44. The Morgan fingerprint density at radius 2 is 1.93 bits per heavy atom. The number of halogens is 2. The molecule has 6 nitrogen and oxygen atoms in total. The Kier molecular flexibility index (Phi) is 5.66. The molecule has 0 bridgehead atoms. The van der Waals surface area contributed by atoms with Gasteiger partial charge in [-0.05, 0) is 42.5 Å². The molecule has 27 heavy (non-hydrogen) atoms. The van der Waals surface area contributed by atoms with Gasteiger partial charge in [0.25, 0.3) is 5.56 Å². The molecule has 8 heteroatoms. The highest BCUT2D eigenvalue weighted by atomic mass is 79.9. The van der Waals surface area contributed by atoms with Crippen molar-refractivity contribution in [2.24, 2.45) is 0 Å². The van der Waals surface area contributed by atoms with Crippen LogP contribution < -0.4 is 15.6 Å². The zero-order valence-corrected chi connectivity index (χ0v) is 15.9. The molecular weight excluding hydrogens is 417 g/mol. The van der Waals surface area contributed by atoms with Crippen molar-refractivity contribution in [3.63, 3.8) is 0 Å². The number of hydrogen-bond acceptors (Lipinski definition) is 4. The minimum Gasteiger partial charge on any atom is -0.497 e. The molecule has 0 fully saturated rings. The van der Waals surface area contributed by atoms with Crippen molar-refractivity contribution >= 4 is 27.5 Å². The van der Waals surface area contributed by atoms with Crippen LogP contribution in [0.15, 0.2) is 63.9 Å². The molecule has 2 aromatic carbocycles. The molecule has 1 amide bonds. The molecule has 3 rings (SSSR count). The Labute approximate surface area is 162 Å². The lowest BCUT2D eigenvalue weighted by molar-refractivity contribution is -0.117. The van der Waals surface area contributed by atoms with Gasteiger partial charge in [-0.25, -0.2) is 9.07 Å². The quantitative estimate of drug-likeness (QED) is 0.671. The van der Waals surface area contributed by atoms with Crippen LogP contribution in [-0.2, 0) is 11.3 Å². The third kappa shape index (κ3) is 4.59. The summed E-state index contributed by atoms with van der Waals surface area (Å²) in [6.45, 7) is -0.291. The predicted octanol–water partition coefficient (Wildman–Crippen LogP) is 3.46. The van der Waals surface area contributed by atoms with E-state index in [9.17, 15) is 14.0 Å². The molecule has 0 radical (unpaired) electrons. The third-order valence-corrected chi connectivity index (χ3v) is 4.27. The maximum absolute atomic E-state index is 14.2. The summed E-state index contributed by atoms with van der Waals surface area (Å²) in [5.74, 6) is -0.580. The Balaban J connectivity index is 1.82. The van der Waals surface area contributed by atoms with E-state index in [0.717, 1.165) is 9.15 Å². The zero-order chi connectivity index (χ0) is 19.4. The lowest BCUT2D eigenvalue weighted by Gasteiger charge is -2.09. The molecule has 0 saturated heterocycles. The fraction of sp³-hybridized carbons (Fsp3) is 0.105. The van der Waals surface area contributed by atoms with E-state index in [-0.39, 0.29) is 17.8 Å². The minimum atomic E-state index is -0.536. The van der Waals surface area contributed by atoms with E-state index < -0.39 is 17.3 Å². The van der Waals surface area contributed by atoms with Crippen molar-refractivity contribution in [2.45, 2.75) is 6.54 Å². The Morgan fingerprint density at radius 3 is 2.59 bits per heavy atom. The number of ether oxygens (including phenoxy) is 1. The number of nitrogens with one attached hydrogen (secondary N) is 1. The first kappa shape index (κ1) is 18.8. The first-order chi connectivity index (χ1) is 13.0. The molecular formula is C19H15BrFN3O3. The standard InChI is InChI=1S/C19H15BrFN3O3/c1-27-14-6-7-15(16(21)10-14)17-8-9-19(26)24(23-17)11-18(25)22-13-4-2-12(20)3-5-13/h2-10H,11H2,1H3,(H,22,25). The first-order valence-electron chi connectivity index (χ1n) is 7.94. The molecule has 0 aliphatic carbocycles. The second kappa shape index (κ2) is 8.13. The second-order valence-electron chi connectivity index (χ2n) is 5.62. The number of nitrogens with zero attached hydrogens (tertiary/aromatic N) is 2. The fourth-order valence-electron chi connectivity index (χ4n) is 2.41. The summed E-state index contributed by atoms with van der Waals surface area (Å²) in [6.07, 6.45) is 0. The topological polar surface area (TPSA) is 73.2 Å². The molecule has 0 aliphatic heterocycles. The van der Waals surface area contributed by atoms with Gasteiger partial charge in [-0.15, -0.1) is 0 Å². The molecule has 1 aromatic heterocycles. The summed E-state index contributed by atoms with van der Waals surface area (Å²) in [5.41, 5.74) is 0.580. The van der Waals surface area contributed by atoms with Gasteiger partial charge in [0.1, 0.15) is 18.1 Å². The zero-order valence-electron chi connectivity index (χ0n) is 14.3. The van der Waals surface area contributed by atoms with Gasteiger partial charge in [-0.3, -0.25) is 9.59 Å². The number of carbonyl (C=O) groups is 1. The maximum Gasteiger partial charge on any atom is 0.267 e. The van der Waals surface area contributed by atoms with Crippen LogP contribution in [0, 0.1) is 5.82 Å². The van der Waals surface area contributed by atoms with Gasteiger partial charge >= 0.3 is 0 Å². The van der Waals surface area contributed by atoms with Crippen molar-refractivity contribution in [3.05, 3.63) is 75.2 Å². The van der Waals surface area contributed by atoms with Crippen LogP contribution in [0.25, 0.3) is 11.3 Å². The smallest absolute Gasteiger partial charge is 0.267 e. The average Bonchev–Trinajstić information content (AvgIpc) is 2.65. The van der Waals surface area contributed by atoms with Gasteiger partial charge in [0.05, 0.1) is 12.8 Å². The first-order valence-corrected chi connectivity index (χ1v) is 8.73. The van der Waals surface area contributed by atoms with E-state index >= 15 is 0 Å². The highest BCUT2D eigenvalue weighted by molar-refractivity contribution is 9.10. The lowest BCUT2D eigenvalue weighted by Crippen LogP contribution is -2.29. The van der Waals surface area contributed by atoms with Crippen LogP contribution in [0.1, 0.15) is 0 Å². The highest BCUT2D eigenvalue weighted by Gasteiger charge is 2.12. The van der Waals surface area contributed by atoms with Gasteiger partial charge in [0.2, 0.25) is 5.91 Å². The van der Waals surface area contributed by atoms with Crippen molar-refractivity contribution in [3.8, 4) is 17.0 Å². The predicted molar refractivity (Wildman–Crippen MR) is 103 cm³/mol. The van der Waals surface area contributed by atoms with E-state index in [1.807, 2.05) is 0 Å². The van der Waals surface area contributed by atoms with Gasteiger partial charge in [-0.2, -0.15) is 5.10 Å². The van der Waals surface area contributed by atoms with Crippen molar-refractivity contribution in [1.82, 2.24) is 9.78 Å². The van der Waals surface area contributed by atoms with Crippen LogP contribution in [-0.4, -0.2) is 22.8 Å². The minimum absolute atomic E-state index is 0.206. The summed E-state index contributed by atoms with van der Waals surface area (Å²) in [6, 6.07) is 14.0. The normalized spacial score (nSPS) is 10.5. The number of hydrogen-bond donors (Lipinski definition) is 1. The molecule has 0 unspecified atom stereocenters. The number of carbonyl (C=O) groups excluding carboxylic acids is 1. The number of rotatable bonds is 5. The largest absolute Gasteiger partial charge is 0.497 e. The maximum atomic E-state index is 14.2. The van der Waals surface area contributed by atoms with Crippen molar-refractivity contribution in [1.29, 1.82) is 0 Å². The van der Waals surface area contributed by atoms with Crippen LogP contribution in [0.5, 0.6) is 5.75 Å². The highest BCUT2D eigenvalue weighted by Crippen LogP contribution is 2.24. The van der Waals surface area contributed by atoms with Gasteiger partial charge in [0.15, 0.2) is 0 Å². The molecule has 0 spiro atoms. The monoisotopic (exact) mass is 431 g/mol. The average molecular weight is 432 g/mol. The fourth-order valence-corrected chi connectivity index (χ4v) is 2.67. The summed E-state index contributed by atoms with van der Waals surface area (Å²) < 4.78 is 21.1. The van der Waals surface area contributed by atoms with E-state index in [0.29, 0.717) is 11.4 Å². The van der Waals surface area contributed by atoms with E-state index in [4.69, 9.17) is 4.74 Å². The Bertz CT molecular complexity index is 1040. The second-order valence-corrected chi connectivity index (χ2v) is 6.53. The van der Waals surface area contributed by atoms with Gasteiger partial charge in [-0.1, -0.05) is 15.9 Å². The molecule has 0 atom stereocenters. The van der Waals surface area contributed by atoms with E-state index in [1.54, 1.807) is 30.3 Å². The van der Waals surface area contributed by atoms with Crippen molar-refractivity contribution in [2.75, 3.05) is 12.4 Å². The molecule has 0 aliphatic rings. The number of methoxy groups -OCH3 is 1. The van der Waals surface area contributed by atoms with Crippen molar-refractivity contribution < 1.29 is 13.9 Å². The summed E-state index contributed by atoms with van der Waals surface area (Å²) >= 11 is 3.31. The summed E-state index contributed by atoms with van der Waals surface area (Å²) in [5, 5.41) is 6.79. The van der Waals surface area contributed by atoms with E-state index in [2.05, 4.69) is 26.3 Å². The van der Waals surface area contributed by atoms with Crippen LogP contribution >= 0.6 is 15.9 Å². The molecule has 1 heterocycles. The van der Waals surface area contributed by atoms with E-state index in [1.165, 1.54) is 31.4 Å². The van der Waals surface area contributed by atoms with Crippen LogP contribution in [0.2, 0.25) is 0 Å². The summed E-state index contributed by atoms with van der Waals surface area (Å²) in [4.78, 5) is 24.2. The molecule has 0 saturated carbocycles. The van der Waals surface area contributed by atoms with Gasteiger partial charge < -0.3 is 10.1 Å². The Morgan fingerprint density at radius 1 is 1.19 bits per heavy atom. The molecule has 3 aromatic rings. The number of aromatic nitrogens is 2. The Hall–Kier alpha value is -3.00. The number of amides is 1. The van der Waals surface area contributed by atoms with Gasteiger partial charge in [0, 0.05) is 27.9 Å². The molecule has 1 N–H and O–H groups in total.